The molecule has 0 saturated carbocycles. The summed E-state index contributed by atoms with van der Waals surface area (Å²) in [4.78, 5) is 30.1. The Hall–Kier alpha value is -1.75. The maximum absolute atomic E-state index is 10.1. The standard InChI is InChI=1S/C6H10O8.C6H12O6/c7-1(3(9)5(11)12)2(8)4(10)6(13)14;7-1-3(9)5(11)6(12)4(10)2-8/h1-4,7-10H,(H,11,12)(H,13,14);1,3-6,8-12H,2H2/t1-,2-,3-,4+;3-,4+,5+,6+/m00/s1. The summed E-state index contributed by atoms with van der Waals surface area (Å²) in [7, 11) is 0. The molecule has 14 heteroatoms. The molecule has 0 heterocycles. The Morgan fingerprint density at radius 1 is 0.692 bits per heavy atom. The highest BCUT2D eigenvalue weighted by Crippen LogP contribution is 2.05. The number of rotatable bonds is 10. The minimum Gasteiger partial charge on any atom is -0.479 e. The molecule has 14 nitrogen and oxygen atoms in total. The van der Waals surface area contributed by atoms with E-state index in [4.69, 9.17) is 56.2 Å². The molecule has 11 N–H and O–H groups in total. The smallest absolute Gasteiger partial charge is 0.335 e. The fourth-order valence-electron chi connectivity index (χ4n) is 1.28. The molecule has 0 bridgehead atoms. The number of carboxylic acid groups (broad SMARTS) is 2. The zero-order valence-electron chi connectivity index (χ0n) is 13.0. The number of carboxylic acids is 2. The topological polar surface area (TPSA) is 274 Å². The van der Waals surface area contributed by atoms with Crippen molar-refractivity contribution in [3.63, 3.8) is 0 Å². The molecule has 0 aliphatic carbocycles. The molecular weight excluding hydrogens is 368 g/mol. The van der Waals surface area contributed by atoms with Gasteiger partial charge in [0.2, 0.25) is 0 Å². The third-order valence-corrected chi connectivity index (χ3v) is 2.92. The average molecular weight is 390 g/mol. The normalized spacial score (nSPS) is 20.2. The zero-order chi connectivity index (χ0) is 21.2. The van der Waals surface area contributed by atoms with Gasteiger partial charge in [0.1, 0.15) is 36.6 Å². The van der Waals surface area contributed by atoms with Gasteiger partial charge >= 0.3 is 11.9 Å². The van der Waals surface area contributed by atoms with Gasteiger partial charge in [0.25, 0.3) is 0 Å². The Morgan fingerprint density at radius 3 is 1.27 bits per heavy atom. The van der Waals surface area contributed by atoms with Crippen LogP contribution in [0.2, 0.25) is 0 Å². The molecule has 0 aromatic heterocycles. The van der Waals surface area contributed by atoms with E-state index in [1.54, 1.807) is 0 Å². The first-order valence-corrected chi connectivity index (χ1v) is 6.79. The second-order valence-corrected chi connectivity index (χ2v) is 4.91. The van der Waals surface area contributed by atoms with Crippen LogP contribution in [0.5, 0.6) is 0 Å². The van der Waals surface area contributed by atoms with Crippen molar-refractivity contribution >= 4 is 18.2 Å². The molecule has 0 fully saturated rings. The monoisotopic (exact) mass is 390 g/mol. The Morgan fingerprint density at radius 2 is 1.04 bits per heavy atom. The Kier molecular flexibility index (Phi) is 12.8. The maximum atomic E-state index is 10.1. The van der Waals surface area contributed by atoms with Gasteiger partial charge in [-0.05, 0) is 0 Å². The summed E-state index contributed by atoms with van der Waals surface area (Å²) < 4.78 is 0. The molecule has 0 saturated heterocycles. The molecule has 0 rings (SSSR count). The molecule has 0 aromatic carbocycles. The van der Waals surface area contributed by atoms with E-state index in [2.05, 4.69) is 0 Å². The van der Waals surface area contributed by atoms with Gasteiger partial charge in [-0.3, -0.25) is 0 Å². The highest BCUT2D eigenvalue weighted by atomic mass is 16.4. The van der Waals surface area contributed by atoms with Gasteiger partial charge in [0.15, 0.2) is 18.5 Å². The average Bonchev–Trinajstić information content (AvgIpc) is 2.62. The van der Waals surface area contributed by atoms with Gasteiger partial charge in [-0.2, -0.15) is 0 Å². The van der Waals surface area contributed by atoms with Crippen LogP contribution in [-0.4, -0.2) is 130 Å². The Balaban J connectivity index is 0. The highest BCUT2D eigenvalue weighted by molar-refractivity contribution is 5.75. The minimum absolute atomic E-state index is 0.0258. The summed E-state index contributed by atoms with van der Waals surface area (Å²) in [5.41, 5.74) is 0. The predicted octanol–water partition coefficient (Wildman–Crippen LogP) is -6.78. The summed E-state index contributed by atoms with van der Waals surface area (Å²) in [5, 5.41) is 95.0. The van der Waals surface area contributed by atoms with Crippen molar-refractivity contribution < 1.29 is 70.6 Å². The number of aldehydes is 1. The lowest BCUT2D eigenvalue weighted by Gasteiger charge is -2.22. The predicted molar refractivity (Wildman–Crippen MR) is 76.5 cm³/mol. The van der Waals surface area contributed by atoms with Gasteiger partial charge in [-0.1, -0.05) is 0 Å². The summed E-state index contributed by atoms with van der Waals surface area (Å²) >= 11 is 0. The van der Waals surface area contributed by atoms with Crippen LogP contribution in [0.25, 0.3) is 0 Å². The molecule has 0 aromatic rings. The van der Waals surface area contributed by atoms with E-state index in [0.29, 0.717) is 0 Å². The molecule has 0 amide bonds. The van der Waals surface area contributed by atoms with E-state index in [-0.39, 0.29) is 6.29 Å². The summed E-state index contributed by atoms with van der Waals surface area (Å²) in [5.74, 6) is -3.68. The number of hydrogen-bond donors (Lipinski definition) is 11. The fourth-order valence-corrected chi connectivity index (χ4v) is 1.28. The lowest BCUT2D eigenvalue weighted by atomic mass is 10.0. The Bertz CT molecular complexity index is 418. The summed E-state index contributed by atoms with van der Waals surface area (Å²) in [6, 6.07) is 0. The molecule has 0 aliphatic rings. The molecule has 0 radical (unpaired) electrons. The third-order valence-electron chi connectivity index (χ3n) is 2.92. The van der Waals surface area contributed by atoms with Crippen LogP contribution < -0.4 is 0 Å². The molecule has 0 aliphatic heterocycles. The van der Waals surface area contributed by atoms with Crippen molar-refractivity contribution in [2.75, 3.05) is 6.61 Å². The summed E-state index contributed by atoms with van der Waals surface area (Å²) in [6.45, 7) is -0.760. The van der Waals surface area contributed by atoms with Gasteiger partial charge in [-0.15, -0.1) is 0 Å². The van der Waals surface area contributed by atoms with Crippen molar-refractivity contribution in [2.45, 2.75) is 48.8 Å². The fraction of sp³-hybridized carbons (Fsp3) is 0.750. The second kappa shape index (κ2) is 12.6. The van der Waals surface area contributed by atoms with Gasteiger partial charge in [0.05, 0.1) is 6.61 Å². The molecule has 154 valence electrons. The first kappa shape index (κ1) is 26.5. The van der Waals surface area contributed by atoms with Crippen LogP contribution in [0.3, 0.4) is 0 Å². The lowest BCUT2D eigenvalue weighted by molar-refractivity contribution is -0.172. The first-order valence-electron chi connectivity index (χ1n) is 6.79. The molecule has 0 spiro atoms. The summed E-state index contributed by atoms with van der Waals surface area (Å²) in [6.07, 6.45) is -16.1. The van der Waals surface area contributed by atoms with E-state index in [9.17, 15) is 14.4 Å². The number of hydrogen-bond acceptors (Lipinski definition) is 12. The van der Waals surface area contributed by atoms with Gasteiger partial charge in [0, 0.05) is 0 Å². The number of carbonyl (C=O) groups is 3. The van der Waals surface area contributed by atoms with E-state index < -0.39 is 67.4 Å². The van der Waals surface area contributed by atoms with Crippen molar-refractivity contribution in [2.24, 2.45) is 0 Å². The SMILES string of the molecule is O=C(O)[C@@H](O)[C@@H](O)[C@H](O)[C@@H](O)C(=O)O.O=C[C@H](O)[C@@H](O)[C@H](O)[C@H](O)CO. The van der Waals surface area contributed by atoms with Crippen molar-refractivity contribution in [1.29, 1.82) is 0 Å². The van der Waals surface area contributed by atoms with Crippen LogP contribution in [-0.2, 0) is 14.4 Å². The minimum atomic E-state index is -2.36. The van der Waals surface area contributed by atoms with Gasteiger partial charge in [-0.25, -0.2) is 9.59 Å². The van der Waals surface area contributed by atoms with Crippen molar-refractivity contribution in [1.82, 2.24) is 0 Å². The highest BCUT2D eigenvalue weighted by Gasteiger charge is 2.37. The second-order valence-electron chi connectivity index (χ2n) is 4.91. The van der Waals surface area contributed by atoms with E-state index in [1.165, 1.54) is 0 Å². The Labute approximate surface area is 145 Å². The van der Waals surface area contributed by atoms with E-state index >= 15 is 0 Å². The van der Waals surface area contributed by atoms with Crippen LogP contribution in [0.4, 0.5) is 0 Å². The van der Waals surface area contributed by atoms with Gasteiger partial charge < -0.3 is 61.0 Å². The molecule has 0 unspecified atom stereocenters. The number of carbonyl (C=O) groups excluding carboxylic acids is 1. The third kappa shape index (κ3) is 8.56. The number of aliphatic hydroxyl groups is 9. The van der Waals surface area contributed by atoms with Crippen molar-refractivity contribution in [3.8, 4) is 0 Å². The molecule has 8 atom stereocenters. The van der Waals surface area contributed by atoms with Crippen LogP contribution in [0, 0.1) is 0 Å². The zero-order valence-corrected chi connectivity index (χ0v) is 13.0. The molecule has 26 heavy (non-hydrogen) atoms. The van der Waals surface area contributed by atoms with Crippen molar-refractivity contribution in [3.05, 3.63) is 0 Å². The van der Waals surface area contributed by atoms with E-state index in [0.717, 1.165) is 0 Å². The van der Waals surface area contributed by atoms with E-state index in [1.807, 2.05) is 0 Å². The largest absolute Gasteiger partial charge is 0.479 e. The number of aliphatic carboxylic acids is 2. The number of aliphatic hydroxyl groups excluding tert-OH is 9. The first-order chi connectivity index (χ1) is 11.8. The molecular formula is C12H22O14. The lowest BCUT2D eigenvalue weighted by Crippen LogP contribution is -2.49. The van der Waals surface area contributed by atoms with Crippen LogP contribution in [0.1, 0.15) is 0 Å². The van der Waals surface area contributed by atoms with Crippen LogP contribution >= 0.6 is 0 Å². The quantitative estimate of drug-likeness (QED) is 0.155. The van der Waals surface area contributed by atoms with Crippen LogP contribution in [0.15, 0.2) is 0 Å². The maximum Gasteiger partial charge on any atom is 0.335 e.